The third kappa shape index (κ3) is 1.21. The molecule has 1 N–H and O–H groups in total. The monoisotopic (exact) mass is 181 g/mol. The minimum absolute atomic E-state index is 0.302. The molecule has 1 aliphatic rings. The molecule has 4 heteroatoms. The van der Waals surface area contributed by atoms with Gasteiger partial charge in [0.2, 0.25) is 6.79 Å². The number of ether oxygens (including phenoxy) is 2. The summed E-state index contributed by atoms with van der Waals surface area (Å²) in [5.41, 5.74) is 2.37. The van der Waals surface area contributed by atoms with Gasteiger partial charge in [0, 0.05) is 11.8 Å². The summed E-state index contributed by atoms with van der Waals surface area (Å²) in [4.78, 5) is 0. The lowest BCUT2D eigenvalue weighted by Gasteiger charge is -2.00. The number of benzene rings is 1. The highest BCUT2D eigenvalue weighted by Gasteiger charge is 2.12. The van der Waals surface area contributed by atoms with Gasteiger partial charge in [-0.15, -0.1) is 0 Å². The van der Waals surface area contributed by atoms with Crippen LogP contribution in [0.2, 0.25) is 0 Å². The van der Waals surface area contributed by atoms with Crippen LogP contribution in [-0.4, -0.2) is 12.3 Å². The second-order valence-electron chi connectivity index (χ2n) is 2.33. The van der Waals surface area contributed by atoms with Gasteiger partial charge in [-0.3, -0.25) is 0 Å². The lowest BCUT2D eigenvalue weighted by Crippen LogP contribution is -1.93. The van der Waals surface area contributed by atoms with E-state index in [4.69, 9.17) is 9.47 Å². The minimum atomic E-state index is 0.302. The van der Waals surface area contributed by atoms with E-state index < -0.39 is 0 Å². The van der Waals surface area contributed by atoms with Crippen molar-refractivity contribution >= 4 is 23.4 Å². The molecule has 0 atom stereocenters. The van der Waals surface area contributed by atoms with Crippen LogP contribution >= 0.6 is 12.2 Å². The molecular weight excluding hydrogens is 174 g/mol. The van der Waals surface area contributed by atoms with Crippen molar-refractivity contribution in [3.05, 3.63) is 18.2 Å². The van der Waals surface area contributed by atoms with Crippen LogP contribution in [-0.2, 0) is 0 Å². The predicted molar refractivity (Wildman–Crippen MR) is 49.8 cm³/mol. The van der Waals surface area contributed by atoms with Crippen molar-refractivity contribution < 1.29 is 9.47 Å². The average Bonchev–Trinajstić information content (AvgIpc) is 2.51. The predicted octanol–water partition coefficient (Wildman–Crippen LogP) is 1.78. The summed E-state index contributed by atoms with van der Waals surface area (Å²) in [6, 6.07) is 5.59. The number of nitrogens with one attached hydrogen (secondary N) is 1. The van der Waals surface area contributed by atoms with Gasteiger partial charge in [0.15, 0.2) is 11.5 Å². The summed E-state index contributed by atoms with van der Waals surface area (Å²) in [7, 11) is 0. The van der Waals surface area contributed by atoms with Crippen LogP contribution in [0, 0.1) is 0 Å². The summed E-state index contributed by atoms with van der Waals surface area (Å²) < 4.78 is 10.3. The van der Waals surface area contributed by atoms with E-state index in [0.29, 0.717) is 6.79 Å². The molecule has 1 heterocycles. The topological polar surface area (TPSA) is 30.5 Å². The number of anilines is 1. The molecule has 0 spiro atoms. The Morgan fingerprint density at radius 2 is 2.17 bits per heavy atom. The first kappa shape index (κ1) is 7.36. The number of hydrogen-bond acceptors (Lipinski definition) is 3. The molecule has 0 radical (unpaired) electrons. The average molecular weight is 181 g/mol. The van der Waals surface area contributed by atoms with Crippen molar-refractivity contribution in [1.82, 2.24) is 0 Å². The highest BCUT2D eigenvalue weighted by molar-refractivity contribution is 7.79. The van der Waals surface area contributed by atoms with Gasteiger partial charge in [0.05, 0.1) is 5.49 Å². The molecule has 0 aliphatic carbocycles. The van der Waals surface area contributed by atoms with Crippen molar-refractivity contribution in [3.63, 3.8) is 0 Å². The van der Waals surface area contributed by atoms with E-state index in [-0.39, 0.29) is 0 Å². The highest BCUT2D eigenvalue weighted by Crippen LogP contribution is 2.33. The maximum Gasteiger partial charge on any atom is 0.231 e. The Balaban J connectivity index is 2.32. The van der Waals surface area contributed by atoms with Crippen LogP contribution in [0.25, 0.3) is 0 Å². The van der Waals surface area contributed by atoms with E-state index in [2.05, 4.69) is 17.5 Å². The third-order valence-electron chi connectivity index (χ3n) is 1.60. The van der Waals surface area contributed by atoms with E-state index in [0.717, 1.165) is 17.2 Å². The van der Waals surface area contributed by atoms with Gasteiger partial charge in [-0.25, -0.2) is 0 Å². The quantitative estimate of drug-likeness (QED) is 0.704. The van der Waals surface area contributed by atoms with Gasteiger partial charge in [-0.2, -0.15) is 0 Å². The van der Waals surface area contributed by atoms with Gasteiger partial charge in [-0.1, -0.05) is 12.2 Å². The Bertz CT molecular complexity index is 314. The molecule has 2 rings (SSSR count). The molecular formula is C8H7NO2S. The van der Waals surface area contributed by atoms with Crippen LogP contribution in [0.1, 0.15) is 0 Å². The Hall–Kier alpha value is -1.29. The molecule has 0 unspecified atom stereocenters. The largest absolute Gasteiger partial charge is 0.454 e. The first-order chi connectivity index (χ1) is 5.90. The zero-order valence-electron chi connectivity index (χ0n) is 6.24. The number of fused-ring (bicyclic) bond motifs is 1. The van der Waals surface area contributed by atoms with Crippen molar-refractivity contribution in [2.75, 3.05) is 12.1 Å². The summed E-state index contributed by atoms with van der Waals surface area (Å²) in [5, 5.41) is 2.89. The highest BCUT2D eigenvalue weighted by atomic mass is 32.1. The van der Waals surface area contributed by atoms with E-state index in [1.54, 1.807) is 0 Å². The lowest BCUT2D eigenvalue weighted by atomic mass is 10.3. The fourth-order valence-corrected chi connectivity index (χ4v) is 1.19. The van der Waals surface area contributed by atoms with Gasteiger partial charge in [0.25, 0.3) is 0 Å². The molecule has 12 heavy (non-hydrogen) atoms. The van der Waals surface area contributed by atoms with Crippen LogP contribution in [0.5, 0.6) is 11.5 Å². The molecule has 0 fully saturated rings. The van der Waals surface area contributed by atoms with E-state index >= 15 is 0 Å². The number of rotatable bonds is 2. The maximum absolute atomic E-state index is 5.18. The van der Waals surface area contributed by atoms with Crippen LogP contribution in [0.4, 0.5) is 5.69 Å². The molecule has 0 saturated heterocycles. The summed E-state index contributed by atoms with van der Waals surface area (Å²) in [5.74, 6) is 1.54. The molecule has 1 aliphatic heterocycles. The molecule has 1 aromatic carbocycles. The zero-order chi connectivity index (χ0) is 8.39. The first-order valence-corrected chi connectivity index (χ1v) is 3.97. The van der Waals surface area contributed by atoms with Crippen molar-refractivity contribution in [1.29, 1.82) is 0 Å². The molecule has 62 valence electrons. The fourth-order valence-electron chi connectivity index (χ4n) is 1.05. The molecule has 0 amide bonds. The van der Waals surface area contributed by atoms with Crippen molar-refractivity contribution in [3.8, 4) is 11.5 Å². The molecule has 0 aromatic heterocycles. The van der Waals surface area contributed by atoms with Crippen molar-refractivity contribution in [2.24, 2.45) is 0 Å². The Morgan fingerprint density at radius 1 is 1.33 bits per heavy atom. The van der Waals surface area contributed by atoms with Gasteiger partial charge < -0.3 is 14.8 Å². The molecule has 1 aromatic rings. The Morgan fingerprint density at radius 3 is 3.00 bits per heavy atom. The standard InChI is InChI=1S/C8H7NO2S/c12-4-9-6-1-2-7-8(3-6)11-5-10-7/h1-4H,5H2,(H,9,12). The summed E-state index contributed by atoms with van der Waals surface area (Å²) in [6.45, 7) is 0.302. The van der Waals surface area contributed by atoms with Gasteiger partial charge in [0.1, 0.15) is 0 Å². The number of thiocarbonyl (C=S) groups is 1. The van der Waals surface area contributed by atoms with Gasteiger partial charge >= 0.3 is 0 Å². The smallest absolute Gasteiger partial charge is 0.231 e. The SMILES string of the molecule is S=CNc1ccc2c(c1)OCO2. The van der Waals surface area contributed by atoms with Crippen LogP contribution < -0.4 is 14.8 Å². The zero-order valence-corrected chi connectivity index (χ0v) is 7.06. The minimum Gasteiger partial charge on any atom is -0.454 e. The van der Waals surface area contributed by atoms with E-state index in [1.165, 1.54) is 5.49 Å². The Kier molecular flexibility index (Phi) is 1.83. The normalized spacial score (nSPS) is 12.7. The van der Waals surface area contributed by atoms with E-state index in [1.807, 2.05) is 18.2 Å². The van der Waals surface area contributed by atoms with E-state index in [9.17, 15) is 0 Å². The maximum atomic E-state index is 5.18. The summed E-state index contributed by atoms with van der Waals surface area (Å²) >= 11 is 4.65. The molecule has 0 saturated carbocycles. The van der Waals surface area contributed by atoms with Crippen molar-refractivity contribution in [2.45, 2.75) is 0 Å². The molecule has 0 bridgehead atoms. The van der Waals surface area contributed by atoms with Crippen LogP contribution in [0.3, 0.4) is 0 Å². The molecule has 3 nitrogen and oxygen atoms in total. The van der Waals surface area contributed by atoms with Crippen LogP contribution in [0.15, 0.2) is 18.2 Å². The Labute approximate surface area is 75.3 Å². The fraction of sp³-hybridized carbons (Fsp3) is 0.125. The summed E-state index contributed by atoms with van der Waals surface area (Å²) in [6.07, 6.45) is 0. The third-order valence-corrected chi connectivity index (χ3v) is 1.72. The second-order valence-corrected chi connectivity index (χ2v) is 2.57. The first-order valence-electron chi connectivity index (χ1n) is 3.50. The number of hydrogen-bond donors (Lipinski definition) is 1. The second kappa shape index (κ2) is 2.98. The van der Waals surface area contributed by atoms with Gasteiger partial charge in [-0.05, 0) is 12.1 Å². The lowest BCUT2D eigenvalue weighted by molar-refractivity contribution is 0.174.